The van der Waals surface area contributed by atoms with Crippen LogP contribution in [0.4, 0.5) is 13.2 Å². The molecule has 0 unspecified atom stereocenters. The zero-order valence-electron chi connectivity index (χ0n) is 7.15. The third-order valence-corrected chi connectivity index (χ3v) is 1.60. The van der Waals surface area contributed by atoms with Crippen LogP contribution in [0.25, 0.3) is 0 Å². The Balaban J connectivity index is 2.99. The minimum atomic E-state index is -1.44. The largest absolute Gasteiger partial charge is 0.328 e. The van der Waals surface area contributed by atoms with Crippen molar-refractivity contribution in [1.29, 1.82) is 0 Å². The van der Waals surface area contributed by atoms with E-state index in [1.54, 1.807) is 6.92 Å². The van der Waals surface area contributed by atoms with Gasteiger partial charge in [-0.3, -0.25) is 0 Å². The Morgan fingerprint density at radius 3 is 2.08 bits per heavy atom. The number of benzene rings is 1. The Morgan fingerprint density at radius 1 is 1.23 bits per heavy atom. The molecule has 0 radical (unpaired) electrons. The van der Waals surface area contributed by atoms with Gasteiger partial charge in [0.1, 0.15) is 0 Å². The first-order valence-corrected chi connectivity index (χ1v) is 3.89. The second-order valence-corrected chi connectivity index (χ2v) is 3.05. The molecule has 0 aliphatic rings. The van der Waals surface area contributed by atoms with Crippen molar-refractivity contribution in [3.8, 4) is 0 Å². The Kier molecular flexibility index (Phi) is 2.93. The van der Waals surface area contributed by atoms with Crippen molar-refractivity contribution in [2.45, 2.75) is 19.4 Å². The van der Waals surface area contributed by atoms with Gasteiger partial charge in [0.05, 0.1) is 0 Å². The van der Waals surface area contributed by atoms with Crippen molar-refractivity contribution in [2.24, 2.45) is 5.73 Å². The summed E-state index contributed by atoms with van der Waals surface area (Å²) in [4.78, 5) is 0. The number of halogens is 3. The quantitative estimate of drug-likeness (QED) is 0.707. The monoisotopic (exact) mass is 189 g/mol. The molecule has 1 atom stereocenters. The van der Waals surface area contributed by atoms with Crippen molar-refractivity contribution in [1.82, 2.24) is 0 Å². The maximum absolute atomic E-state index is 12.6. The highest BCUT2D eigenvalue weighted by atomic mass is 19.2. The first-order chi connectivity index (χ1) is 6.00. The summed E-state index contributed by atoms with van der Waals surface area (Å²) >= 11 is 0. The second kappa shape index (κ2) is 3.79. The van der Waals surface area contributed by atoms with Crippen molar-refractivity contribution in [3.63, 3.8) is 0 Å². The first kappa shape index (κ1) is 10.1. The van der Waals surface area contributed by atoms with Crippen LogP contribution in [0.5, 0.6) is 0 Å². The maximum Gasteiger partial charge on any atom is 0.194 e. The summed E-state index contributed by atoms with van der Waals surface area (Å²) in [6, 6.07) is 1.72. The summed E-state index contributed by atoms with van der Waals surface area (Å²) in [5, 5.41) is 0. The Labute approximate surface area is 74.4 Å². The Hall–Kier alpha value is -1.03. The van der Waals surface area contributed by atoms with E-state index >= 15 is 0 Å². The molecule has 13 heavy (non-hydrogen) atoms. The fourth-order valence-corrected chi connectivity index (χ4v) is 1.10. The molecule has 0 aliphatic heterocycles. The summed E-state index contributed by atoms with van der Waals surface area (Å²) < 4.78 is 37.7. The van der Waals surface area contributed by atoms with Gasteiger partial charge in [-0.15, -0.1) is 0 Å². The number of nitrogens with two attached hydrogens (primary N) is 1. The molecule has 0 aromatic heterocycles. The van der Waals surface area contributed by atoms with Gasteiger partial charge < -0.3 is 5.73 Å². The standard InChI is InChI=1S/C9H10F3N/c1-5(13)2-6-3-7(10)9(12)8(11)4-6/h3-5H,2,13H2,1H3/t5-/m1/s1. The number of rotatable bonds is 2. The topological polar surface area (TPSA) is 26.0 Å². The fourth-order valence-electron chi connectivity index (χ4n) is 1.10. The van der Waals surface area contributed by atoms with E-state index in [4.69, 9.17) is 5.73 Å². The molecule has 2 N–H and O–H groups in total. The van der Waals surface area contributed by atoms with E-state index in [9.17, 15) is 13.2 Å². The SMILES string of the molecule is C[C@@H](N)Cc1cc(F)c(F)c(F)c1. The van der Waals surface area contributed by atoms with Crippen LogP contribution in [-0.4, -0.2) is 6.04 Å². The number of hydrogen-bond donors (Lipinski definition) is 1. The molecule has 0 spiro atoms. The molecule has 1 nitrogen and oxygen atoms in total. The molecule has 1 aromatic carbocycles. The lowest BCUT2D eigenvalue weighted by atomic mass is 10.1. The molecule has 1 rings (SSSR count). The predicted molar refractivity (Wildman–Crippen MR) is 43.7 cm³/mol. The van der Waals surface area contributed by atoms with Crippen LogP contribution in [-0.2, 0) is 6.42 Å². The summed E-state index contributed by atoms with van der Waals surface area (Å²) in [6.45, 7) is 1.71. The fraction of sp³-hybridized carbons (Fsp3) is 0.333. The Bertz CT molecular complexity index is 287. The van der Waals surface area contributed by atoms with Crippen molar-refractivity contribution in [2.75, 3.05) is 0 Å². The van der Waals surface area contributed by atoms with E-state index in [0.717, 1.165) is 12.1 Å². The van der Waals surface area contributed by atoms with Crippen LogP contribution < -0.4 is 5.73 Å². The normalized spacial score (nSPS) is 13.0. The predicted octanol–water partition coefficient (Wildman–Crippen LogP) is 1.99. The first-order valence-electron chi connectivity index (χ1n) is 3.89. The van der Waals surface area contributed by atoms with Crippen LogP contribution in [0.2, 0.25) is 0 Å². The van der Waals surface area contributed by atoms with Crippen LogP contribution in [0, 0.1) is 17.5 Å². The van der Waals surface area contributed by atoms with Gasteiger partial charge >= 0.3 is 0 Å². The van der Waals surface area contributed by atoms with Gasteiger partial charge in [0.25, 0.3) is 0 Å². The zero-order chi connectivity index (χ0) is 10.0. The third kappa shape index (κ3) is 2.45. The van der Waals surface area contributed by atoms with Gasteiger partial charge in [-0.25, -0.2) is 13.2 Å². The van der Waals surface area contributed by atoms with Crippen LogP contribution in [0.3, 0.4) is 0 Å². The molecule has 0 bridgehead atoms. The molecule has 4 heteroatoms. The molecule has 1 aromatic rings. The highest BCUT2D eigenvalue weighted by Gasteiger charge is 2.10. The molecule has 0 fully saturated rings. The smallest absolute Gasteiger partial charge is 0.194 e. The average molecular weight is 189 g/mol. The van der Waals surface area contributed by atoms with Crippen LogP contribution >= 0.6 is 0 Å². The van der Waals surface area contributed by atoms with E-state index in [1.165, 1.54) is 0 Å². The molecule has 0 heterocycles. The Morgan fingerprint density at radius 2 is 1.69 bits per heavy atom. The highest BCUT2D eigenvalue weighted by molar-refractivity contribution is 5.20. The van der Waals surface area contributed by atoms with Gasteiger partial charge in [-0.1, -0.05) is 0 Å². The summed E-state index contributed by atoms with van der Waals surface area (Å²) in [5.74, 6) is -3.78. The summed E-state index contributed by atoms with van der Waals surface area (Å²) in [5.41, 5.74) is 5.79. The molecule has 72 valence electrons. The molecular weight excluding hydrogens is 179 g/mol. The lowest BCUT2D eigenvalue weighted by Gasteiger charge is -2.05. The van der Waals surface area contributed by atoms with Crippen molar-refractivity contribution < 1.29 is 13.2 Å². The van der Waals surface area contributed by atoms with E-state index in [2.05, 4.69) is 0 Å². The summed E-state index contributed by atoms with van der Waals surface area (Å²) in [7, 11) is 0. The number of hydrogen-bond acceptors (Lipinski definition) is 1. The average Bonchev–Trinajstić information content (AvgIpc) is 1.98. The van der Waals surface area contributed by atoms with Crippen LogP contribution in [0.15, 0.2) is 12.1 Å². The minimum Gasteiger partial charge on any atom is -0.328 e. The van der Waals surface area contributed by atoms with E-state index in [1.807, 2.05) is 0 Å². The molecule has 0 saturated carbocycles. The lowest BCUT2D eigenvalue weighted by Crippen LogP contribution is -2.18. The van der Waals surface area contributed by atoms with E-state index in [-0.39, 0.29) is 6.04 Å². The van der Waals surface area contributed by atoms with Gasteiger partial charge in [0.15, 0.2) is 17.5 Å². The maximum atomic E-state index is 12.6. The summed E-state index contributed by atoms with van der Waals surface area (Å²) in [6.07, 6.45) is 0.327. The van der Waals surface area contributed by atoms with Gasteiger partial charge in [-0.05, 0) is 31.0 Å². The van der Waals surface area contributed by atoms with Gasteiger partial charge in [-0.2, -0.15) is 0 Å². The highest BCUT2D eigenvalue weighted by Crippen LogP contribution is 2.14. The van der Waals surface area contributed by atoms with Crippen LogP contribution in [0.1, 0.15) is 12.5 Å². The van der Waals surface area contributed by atoms with E-state index in [0.29, 0.717) is 12.0 Å². The lowest BCUT2D eigenvalue weighted by molar-refractivity contribution is 0.444. The van der Waals surface area contributed by atoms with Crippen molar-refractivity contribution in [3.05, 3.63) is 35.1 Å². The second-order valence-electron chi connectivity index (χ2n) is 3.05. The van der Waals surface area contributed by atoms with E-state index < -0.39 is 17.5 Å². The molecule has 0 aliphatic carbocycles. The third-order valence-electron chi connectivity index (χ3n) is 1.60. The van der Waals surface area contributed by atoms with Gasteiger partial charge in [0, 0.05) is 6.04 Å². The molecule has 0 amide bonds. The molecular formula is C9H10F3N. The van der Waals surface area contributed by atoms with Crippen molar-refractivity contribution >= 4 is 0 Å². The zero-order valence-corrected chi connectivity index (χ0v) is 7.15. The van der Waals surface area contributed by atoms with Gasteiger partial charge in [0.2, 0.25) is 0 Å². The minimum absolute atomic E-state index is 0.204. The molecule has 0 saturated heterocycles.